The summed E-state index contributed by atoms with van der Waals surface area (Å²) >= 11 is 1.10. The number of rotatable bonds is 7. The minimum atomic E-state index is -1.88. The lowest BCUT2D eigenvalue weighted by atomic mass is 10.1. The second-order valence-corrected chi connectivity index (χ2v) is 10.8. The third kappa shape index (κ3) is 4.53. The number of amides is 1. The van der Waals surface area contributed by atoms with Gasteiger partial charge in [-0.05, 0) is 31.9 Å². The Morgan fingerprint density at radius 2 is 1.92 bits per heavy atom. The number of nitrogens with zero attached hydrogens (tertiary/aromatic N) is 4. The summed E-state index contributed by atoms with van der Waals surface area (Å²) in [4.78, 5) is 58.9. The number of aryl methyl sites for hydroxylation is 1. The molecule has 1 aliphatic rings. The lowest BCUT2D eigenvalue weighted by molar-refractivity contribution is -0.146. The van der Waals surface area contributed by atoms with Crippen molar-refractivity contribution < 1.29 is 29.0 Å². The number of fused-ring (bicyclic) bond motifs is 1. The molecule has 13 heteroatoms. The maximum absolute atomic E-state index is 13.9. The molecule has 0 spiro atoms. The molecule has 1 fully saturated rings. The van der Waals surface area contributed by atoms with Crippen LogP contribution in [-0.4, -0.2) is 60.5 Å². The minimum absolute atomic E-state index is 0.131. The van der Waals surface area contributed by atoms with Gasteiger partial charge in [-0.15, -0.1) is 11.3 Å². The van der Waals surface area contributed by atoms with Crippen LogP contribution in [-0.2, 0) is 21.6 Å². The predicted octanol–water partition coefficient (Wildman–Crippen LogP) is 2.56. The van der Waals surface area contributed by atoms with E-state index >= 15 is 0 Å². The van der Waals surface area contributed by atoms with Crippen molar-refractivity contribution in [3.63, 3.8) is 0 Å². The SMILES string of the molecule is Cc1c(-c2ncco2)sc2c1c(=O)n(C(C)(C)C(=O)O)c(=O)n2C[C@@H](OC(=O)N1CC(O)C1)c1ccccc1. The molecule has 1 saturated heterocycles. The van der Waals surface area contributed by atoms with Crippen LogP contribution in [0.1, 0.15) is 31.1 Å². The molecule has 0 radical (unpaired) electrons. The van der Waals surface area contributed by atoms with E-state index < -0.39 is 41.1 Å². The molecule has 4 heterocycles. The first-order valence-corrected chi connectivity index (χ1v) is 12.9. The second-order valence-electron chi connectivity index (χ2n) is 9.81. The Morgan fingerprint density at radius 3 is 2.51 bits per heavy atom. The van der Waals surface area contributed by atoms with Crippen molar-refractivity contribution in [3.8, 4) is 10.8 Å². The summed E-state index contributed by atoms with van der Waals surface area (Å²) in [6, 6.07) is 8.78. The molecule has 2 N–H and O–H groups in total. The van der Waals surface area contributed by atoms with Crippen molar-refractivity contribution in [2.75, 3.05) is 13.1 Å². The summed E-state index contributed by atoms with van der Waals surface area (Å²) in [5.74, 6) is -1.12. The molecule has 0 saturated carbocycles. The van der Waals surface area contributed by atoms with E-state index in [9.17, 15) is 29.4 Å². The van der Waals surface area contributed by atoms with Crippen LogP contribution in [0.3, 0.4) is 0 Å². The first kappa shape index (κ1) is 26.4. The molecule has 1 atom stereocenters. The first-order valence-electron chi connectivity index (χ1n) is 12.1. The Morgan fingerprint density at radius 1 is 1.23 bits per heavy atom. The molecular weight excluding hydrogens is 528 g/mol. The number of carboxylic acids is 1. The number of aliphatic hydroxyl groups excluding tert-OH is 1. The number of benzene rings is 1. The number of hydrogen-bond acceptors (Lipinski definition) is 9. The molecule has 1 amide bonds. The number of β-amino-alcohol motifs (C(OH)–C–C–N with tert-alkyl or cyclic N) is 1. The van der Waals surface area contributed by atoms with Gasteiger partial charge >= 0.3 is 17.8 Å². The van der Waals surface area contributed by atoms with Crippen LogP contribution in [0.4, 0.5) is 4.79 Å². The van der Waals surface area contributed by atoms with Crippen LogP contribution in [0, 0.1) is 6.92 Å². The number of oxazole rings is 1. The molecule has 39 heavy (non-hydrogen) atoms. The van der Waals surface area contributed by atoms with Crippen LogP contribution in [0.5, 0.6) is 0 Å². The molecule has 5 rings (SSSR count). The topological polar surface area (TPSA) is 157 Å². The highest BCUT2D eigenvalue weighted by molar-refractivity contribution is 7.22. The van der Waals surface area contributed by atoms with Gasteiger partial charge in [0.15, 0.2) is 0 Å². The van der Waals surface area contributed by atoms with Gasteiger partial charge in [0.2, 0.25) is 5.89 Å². The van der Waals surface area contributed by atoms with Gasteiger partial charge < -0.3 is 24.3 Å². The third-order valence-corrected chi connectivity index (χ3v) is 8.11. The Labute approximate surface area is 225 Å². The molecule has 4 aromatic rings. The monoisotopic (exact) mass is 554 g/mol. The van der Waals surface area contributed by atoms with E-state index in [-0.39, 0.29) is 35.7 Å². The average molecular weight is 555 g/mol. The van der Waals surface area contributed by atoms with Crippen molar-refractivity contribution >= 4 is 33.6 Å². The Hall–Kier alpha value is -4.23. The van der Waals surface area contributed by atoms with Crippen molar-refractivity contribution in [3.05, 3.63) is 74.8 Å². The van der Waals surface area contributed by atoms with Crippen LogP contribution in [0.2, 0.25) is 0 Å². The maximum Gasteiger partial charge on any atom is 0.410 e. The number of carboxylic acid groups (broad SMARTS) is 1. The molecule has 0 aliphatic carbocycles. The van der Waals surface area contributed by atoms with Crippen LogP contribution >= 0.6 is 11.3 Å². The Kier molecular flexibility index (Phi) is 6.64. The maximum atomic E-state index is 13.9. The summed E-state index contributed by atoms with van der Waals surface area (Å²) in [7, 11) is 0. The normalized spacial score (nSPS) is 14.8. The van der Waals surface area contributed by atoms with E-state index in [2.05, 4.69) is 4.98 Å². The zero-order valence-corrected chi connectivity index (χ0v) is 22.2. The number of ether oxygens (including phenoxy) is 1. The number of likely N-dealkylation sites (tertiary alicyclic amines) is 1. The molecule has 3 aromatic heterocycles. The van der Waals surface area contributed by atoms with E-state index in [1.807, 2.05) is 0 Å². The van der Waals surface area contributed by atoms with E-state index in [4.69, 9.17) is 9.15 Å². The number of carbonyl (C=O) groups is 2. The van der Waals surface area contributed by atoms with Gasteiger partial charge in [-0.25, -0.2) is 23.9 Å². The van der Waals surface area contributed by atoms with Crippen molar-refractivity contribution in [1.29, 1.82) is 0 Å². The number of hydrogen-bond donors (Lipinski definition) is 2. The van der Waals surface area contributed by atoms with Crippen LogP contribution in [0.25, 0.3) is 21.0 Å². The smallest absolute Gasteiger partial charge is 0.410 e. The largest absolute Gasteiger partial charge is 0.480 e. The van der Waals surface area contributed by atoms with Crippen molar-refractivity contribution in [2.45, 2.75) is 45.1 Å². The Bertz CT molecular complexity index is 1660. The van der Waals surface area contributed by atoms with Crippen molar-refractivity contribution in [1.82, 2.24) is 19.0 Å². The van der Waals surface area contributed by atoms with E-state index in [0.717, 1.165) is 11.3 Å². The standard InChI is InChI=1S/C26H26N4O8S/c1-14-18-21(32)30(26(2,3)23(33)34)24(35)29(22(18)39-19(14)20-27-9-10-37-20)13-17(15-7-5-4-6-8-15)38-25(36)28-11-16(31)12-28/h4-10,16-17,31H,11-13H2,1-3H3,(H,33,34)/t17-/m1/s1. The molecule has 0 unspecified atom stereocenters. The number of aromatic nitrogens is 3. The zero-order valence-electron chi connectivity index (χ0n) is 21.4. The first-order chi connectivity index (χ1) is 18.5. The van der Waals surface area contributed by atoms with Gasteiger partial charge in [0.1, 0.15) is 22.7 Å². The minimum Gasteiger partial charge on any atom is -0.480 e. The van der Waals surface area contributed by atoms with Gasteiger partial charge in [-0.1, -0.05) is 30.3 Å². The number of aliphatic hydroxyl groups is 1. The lowest BCUT2D eigenvalue weighted by Gasteiger charge is -2.36. The van der Waals surface area contributed by atoms with Crippen molar-refractivity contribution in [2.24, 2.45) is 0 Å². The summed E-state index contributed by atoms with van der Waals surface area (Å²) in [5.41, 5.74) is -2.43. The van der Waals surface area contributed by atoms with E-state index in [0.29, 0.717) is 20.6 Å². The third-order valence-electron chi connectivity index (χ3n) is 6.80. The molecule has 12 nitrogen and oxygen atoms in total. The highest BCUT2D eigenvalue weighted by atomic mass is 32.1. The molecule has 204 valence electrons. The second kappa shape index (κ2) is 9.82. The number of carbonyl (C=O) groups excluding carboxylic acids is 1. The highest BCUT2D eigenvalue weighted by Crippen LogP contribution is 2.36. The quantitative estimate of drug-likeness (QED) is 0.350. The zero-order chi connectivity index (χ0) is 28.1. The number of thiophene rings is 1. The van der Waals surface area contributed by atoms with Gasteiger partial charge in [-0.2, -0.15) is 0 Å². The summed E-state index contributed by atoms with van der Waals surface area (Å²) in [6.07, 6.45) is 0.578. The molecule has 1 aromatic carbocycles. The number of aliphatic carboxylic acids is 1. The summed E-state index contributed by atoms with van der Waals surface area (Å²) in [5, 5.41) is 19.7. The lowest BCUT2D eigenvalue weighted by Crippen LogP contribution is -2.54. The van der Waals surface area contributed by atoms with E-state index in [1.165, 1.54) is 35.8 Å². The average Bonchev–Trinajstić information content (AvgIpc) is 3.52. The van der Waals surface area contributed by atoms with Gasteiger partial charge in [0, 0.05) is 0 Å². The van der Waals surface area contributed by atoms with E-state index in [1.54, 1.807) is 37.3 Å². The highest BCUT2D eigenvalue weighted by Gasteiger charge is 2.37. The van der Waals surface area contributed by atoms with Crippen LogP contribution in [0.15, 0.2) is 56.8 Å². The summed E-state index contributed by atoms with van der Waals surface area (Å²) in [6.45, 7) is 4.28. The summed E-state index contributed by atoms with van der Waals surface area (Å²) < 4.78 is 13.2. The molecule has 0 bridgehead atoms. The Balaban J connectivity index is 1.72. The predicted molar refractivity (Wildman–Crippen MR) is 141 cm³/mol. The molecular formula is C26H26N4O8S. The fourth-order valence-electron chi connectivity index (χ4n) is 4.48. The fraction of sp³-hybridized carbons (Fsp3) is 0.346. The van der Waals surface area contributed by atoms with Gasteiger partial charge in [-0.3, -0.25) is 9.36 Å². The van der Waals surface area contributed by atoms with Gasteiger partial charge in [0.05, 0.1) is 42.2 Å². The van der Waals surface area contributed by atoms with Gasteiger partial charge in [0.25, 0.3) is 5.56 Å². The van der Waals surface area contributed by atoms with Crippen LogP contribution < -0.4 is 11.2 Å². The molecule has 1 aliphatic heterocycles. The fourth-order valence-corrected chi connectivity index (χ4v) is 5.72.